The van der Waals surface area contributed by atoms with Crippen LogP contribution in [0.4, 0.5) is 0 Å². The van der Waals surface area contributed by atoms with E-state index in [9.17, 15) is 9.59 Å². The number of carbonyl (C=O) groups is 2. The smallest absolute Gasteiger partial charge is 0.252 e. The lowest BCUT2D eigenvalue weighted by molar-refractivity contribution is -0.129. The van der Waals surface area contributed by atoms with E-state index in [4.69, 9.17) is 15.2 Å². The van der Waals surface area contributed by atoms with Gasteiger partial charge in [-0.2, -0.15) is 0 Å². The molecule has 7 heteroatoms. The molecule has 0 bridgehead atoms. The molecular weight excluding hydrogens is 334 g/mol. The number of ether oxygens (including phenoxy) is 2. The molecule has 1 aromatic heterocycles. The molecule has 0 saturated carbocycles. The van der Waals surface area contributed by atoms with E-state index in [-0.39, 0.29) is 0 Å². The molecular formula is C19H25N3O4. The minimum absolute atomic E-state index is 0.324. The molecule has 2 heterocycles. The molecule has 0 unspecified atom stereocenters. The summed E-state index contributed by atoms with van der Waals surface area (Å²) in [5, 5.41) is 1.60. The van der Waals surface area contributed by atoms with Gasteiger partial charge in [0.15, 0.2) is 0 Å². The maximum Gasteiger partial charge on any atom is 0.252 e. The molecule has 1 aliphatic heterocycles. The van der Waals surface area contributed by atoms with Crippen LogP contribution in [0.1, 0.15) is 37.0 Å². The lowest BCUT2D eigenvalue weighted by Crippen LogP contribution is -2.31. The number of nitrogens with two attached hydrogens (primary N) is 1. The molecule has 3 rings (SSSR count). The van der Waals surface area contributed by atoms with Gasteiger partial charge in [-0.25, -0.2) is 4.98 Å². The Bertz CT molecular complexity index is 805. The third-order valence-electron chi connectivity index (χ3n) is 4.24. The van der Waals surface area contributed by atoms with Crippen LogP contribution in [-0.4, -0.2) is 48.5 Å². The summed E-state index contributed by atoms with van der Waals surface area (Å²) in [5.41, 5.74) is 5.63. The van der Waals surface area contributed by atoms with Crippen molar-refractivity contribution in [1.82, 2.24) is 9.88 Å². The topological polar surface area (TPSA) is 94.8 Å². The van der Waals surface area contributed by atoms with Crippen molar-refractivity contribution in [1.29, 1.82) is 0 Å². The summed E-state index contributed by atoms with van der Waals surface area (Å²) < 4.78 is 10.3. The standard InChI is InChI=1S/C12H12N2O3.C7H13NO/c1-16-10-6-8-7(5-9(10)11(13)15)3-4-14-12(8)17-2;1-6(2)8-5-3-4-7(8)9/h3-6H,1-2H3,(H2,13,15);6H,3-5H2,1-2H3. The number of amides is 2. The first-order chi connectivity index (χ1) is 12.4. The van der Waals surface area contributed by atoms with Crippen molar-refractivity contribution in [3.05, 3.63) is 30.0 Å². The Morgan fingerprint density at radius 1 is 1.27 bits per heavy atom. The number of hydrogen-bond acceptors (Lipinski definition) is 5. The second kappa shape index (κ2) is 8.51. The number of carbonyl (C=O) groups excluding carboxylic acids is 2. The van der Waals surface area contributed by atoms with E-state index in [0.717, 1.165) is 30.2 Å². The number of benzene rings is 1. The molecule has 0 spiro atoms. The number of likely N-dealkylation sites (tertiary alicyclic amines) is 1. The van der Waals surface area contributed by atoms with Gasteiger partial charge in [-0.1, -0.05) is 0 Å². The first kappa shape index (κ1) is 19.5. The zero-order valence-corrected chi connectivity index (χ0v) is 15.6. The molecule has 2 N–H and O–H groups in total. The number of nitrogens with zero attached hydrogens (tertiary/aromatic N) is 2. The van der Waals surface area contributed by atoms with Crippen LogP contribution in [0.3, 0.4) is 0 Å². The quantitative estimate of drug-likeness (QED) is 0.904. The monoisotopic (exact) mass is 359 g/mol. The highest BCUT2D eigenvalue weighted by atomic mass is 16.5. The van der Waals surface area contributed by atoms with Crippen molar-refractivity contribution in [3.8, 4) is 11.6 Å². The Labute approximate surface area is 153 Å². The number of fused-ring (bicyclic) bond motifs is 1. The molecule has 0 aliphatic carbocycles. The number of aromatic nitrogens is 1. The first-order valence-corrected chi connectivity index (χ1v) is 8.49. The van der Waals surface area contributed by atoms with Crippen molar-refractivity contribution < 1.29 is 19.1 Å². The first-order valence-electron chi connectivity index (χ1n) is 8.49. The Hall–Kier alpha value is -2.83. The van der Waals surface area contributed by atoms with E-state index in [1.165, 1.54) is 14.2 Å². The van der Waals surface area contributed by atoms with E-state index < -0.39 is 5.91 Å². The number of hydrogen-bond donors (Lipinski definition) is 1. The van der Waals surface area contributed by atoms with Crippen molar-refractivity contribution in [2.24, 2.45) is 5.73 Å². The summed E-state index contributed by atoms with van der Waals surface area (Å²) in [7, 11) is 3.02. The van der Waals surface area contributed by atoms with Gasteiger partial charge in [0.25, 0.3) is 5.91 Å². The fourth-order valence-corrected chi connectivity index (χ4v) is 2.91. The lowest BCUT2D eigenvalue weighted by Gasteiger charge is -2.19. The van der Waals surface area contributed by atoms with E-state index >= 15 is 0 Å². The van der Waals surface area contributed by atoms with Crippen molar-refractivity contribution in [3.63, 3.8) is 0 Å². The molecule has 7 nitrogen and oxygen atoms in total. The second-order valence-electron chi connectivity index (χ2n) is 6.24. The highest BCUT2D eigenvalue weighted by Gasteiger charge is 2.21. The molecule has 0 radical (unpaired) electrons. The fraction of sp³-hybridized carbons (Fsp3) is 0.421. The summed E-state index contributed by atoms with van der Waals surface area (Å²) in [6.45, 7) is 5.09. The highest BCUT2D eigenvalue weighted by Crippen LogP contribution is 2.30. The Morgan fingerprint density at radius 2 is 2.00 bits per heavy atom. The molecule has 1 aromatic carbocycles. The van der Waals surface area contributed by atoms with Gasteiger partial charge in [-0.15, -0.1) is 0 Å². The third-order valence-corrected chi connectivity index (χ3v) is 4.24. The average molecular weight is 359 g/mol. The molecule has 1 saturated heterocycles. The molecule has 2 amide bonds. The van der Waals surface area contributed by atoms with Gasteiger partial charge >= 0.3 is 0 Å². The van der Waals surface area contributed by atoms with E-state index in [2.05, 4.69) is 18.8 Å². The summed E-state index contributed by atoms with van der Waals surface area (Å²) in [6, 6.07) is 5.55. The largest absolute Gasteiger partial charge is 0.496 e. The van der Waals surface area contributed by atoms with Gasteiger partial charge in [0.2, 0.25) is 11.8 Å². The van der Waals surface area contributed by atoms with Crippen LogP contribution in [0.15, 0.2) is 24.4 Å². The molecule has 26 heavy (non-hydrogen) atoms. The van der Waals surface area contributed by atoms with Crippen LogP contribution >= 0.6 is 0 Å². The van der Waals surface area contributed by atoms with Crippen LogP contribution in [0.25, 0.3) is 10.8 Å². The van der Waals surface area contributed by atoms with Crippen LogP contribution in [0, 0.1) is 0 Å². The lowest BCUT2D eigenvalue weighted by atomic mass is 10.1. The summed E-state index contributed by atoms with van der Waals surface area (Å²) in [6.07, 6.45) is 3.42. The zero-order valence-electron chi connectivity index (χ0n) is 15.6. The predicted molar refractivity (Wildman–Crippen MR) is 99.4 cm³/mol. The zero-order chi connectivity index (χ0) is 19.3. The van der Waals surface area contributed by atoms with Gasteiger partial charge in [-0.05, 0) is 43.9 Å². The second-order valence-corrected chi connectivity index (χ2v) is 6.24. The number of methoxy groups -OCH3 is 2. The van der Waals surface area contributed by atoms with Crippen molar-refractivity contribution in [2.75, 3.05) is 20.8 Å². The highest BCUT2D eigenvalue weighted by molar-refractivity contribution is 6.01. The van der Waals surface area contributed by atoms with Crippen LogP contribution < -0.4 is 15.2 Å². The van der Waals surface area contributed by atoms with E-state index in [1.54, 1.807) is 24.4 Å². The van der Waals surface area contributed by atoms with Gasteiger partial charge in [-0.3, -0.25) is 9.59 Å². The fourth-order valence-electron chi connectivity index (χ4n) is 2.91. The maximum absolute atomic E-state index is 11.3. The van der Waals surface area contributed by atoms with Crippen molar-refractivity contribution >= 4 is 22.6 Å². The normalized spacial score (nSPS) is 13.6. The van der Waals surface area contributed by atoms with Crippen LogP contribution in [-0.2, 0) is 4.79 Å². The van der Waals surface area contributed by atoms with E-state index in [0.29, 0.717) is 29.1 Å². The molecule has 1 fully saturated rings. The van der Waals surface area contributed by atoms with Gasteiger partial charge in [0.05, 0.1) is 19.8 Å². The third kappa shape index (κ3) is 4.22. The number of primary amides is 1. The predicted octanol–water partition coefficient (Wildman–Crippen LogP) is 2.37. The molecule has 0 atom stereocenters. The summed E-state index contributed by atoms with van der Waals surface area (Å²) in [4.78, 5) is 28.2. The molecule has 2 aromatic rings. The Morgan fingerprint density at radius 3 is 2.46 bits per heavy atom. The molecule has 1 aliphatic rings. The Kier molecular flexibility index (Phi) is 6.38. The molecule has 140 valence electrons. The van der Waals surface area contributed by atoms with Crippen molar-refractivity contribution in [2.45, 2.75) is 32.7 Å². The van der Waals surface area contributed by atoms with Gasteiger partial charge in [0, 0.05) is 30.6 Å². The number of rotatable bonds is 4. The van der Waals surface area contributed by atoms with Gasteiger partial charge < -0.3 is 20.1 Å². The SMILES string of the molecule is CC(C)N1CCCC1=O.COc1cc2c(OC)nccc2cc1C(N)=O. The summed E-state index contributed by atoms with van der Waals surface area (Å²) in [5.74, 6) is 0.692. The summed E-state index contributed by atoms with van der Waals surface area (Å²) >= 11 is 0. The number of pyridine rings is 1. The minimum Gasteiger partial charge on any atom is -0.496 e. The van der Waals surface area contributed by atoms with Crippen LogP contribution in [0.2, 0.25) is 0 Å². The minimum atomic E-state index is -0.528. The van der Waals surface area contributed by atoms with Gasteiger partial charge in [0.1, 0.15) is 5.75 Å². The maximum atomic E-state index is 11.3. The van der Waals surface area contributed by atoms with E-state index in [1.807, 2.05) is 4.90 Å². The average Bonchev–Trinajstić information content (AvgIpc) is 3.06. The Balaban J connectivity index is 0.000000228. The van der Waals surface area contributed by atoms with Crippen LogP contribution in [0.5, 0.6) is 11.6 Å².